The van der Waals surface area contributed by atoms with Gasteiger partial charge >= 0.3 is 0 Å². The molecule has 7 nitrogen and oxygen atoms in total. The van der Waals surface area contributed by atoms with Gasteiger partial charge in [-0.15, -0.1) is 0 Å². The fourth-order valence-electron chi connectivity index (χ4n) is 4.66. The van der Waals surface area contributed by atoms with E-state index in [1.807, 2.05) is 18.7 Å². The summed E-state index contributed by atoms with van der Waals surface area (Å²) >= 11 is 0. The van der Waals surface area contributed by atoms with E-state index >= 15 is 0 Å². The predicted octanol–water partition coefficient (Wildman–Crippen LogP) is 2.83. The molecule has 4 rings (SSSR count). The van der Waals surface area contributed by atoms with Gasteiger partial charge < -0.3 is 19.5 Å². The average molecular weight is 412 g/mol. The lowest BCUT2D eigenvalue weighted by atomic mass is 9.71. The highest BCUT2D eigenvalue weighted by Crippen LogP contribution is 2.45. The van der Waals surface area contributed by atoms with Gasteiger partial charge in [-0.05, 0) is 44.4 Å². The largest absolute Gasteiger partial charge is 0.504 e. The topological polar surface area (TPSA) is 88.4 Å². The Kier molecular flexibility index (Phi) is 5.90. The van der Waals surface area contributed by atoms with E-state index in [4.69, 9.17) is 14.5 Å². The van der Waals surface area contributed by atoms with Crippen LogP contribution in [0.25, 0.3) is 0 Å². The number of carbonyl (C=O) groups is 2. The zero-order chi connectivity index (χ0) is 21.3. The molecule has 1 aliphatic carbocycles. The van der Waals surface area contributed by atoms with E-state index in [-0.39, 0.29) is 17.4 Å². The molecule has 1 aromatic carbocycles. The van der Waals surface area contributed by atoms with Crippen molar-refractivity contribution in [1.29, 1.82) is 0 Å². The molecule has 0 unspecified atom stereocenters. The van der Waals surface area contributed by atoms with Gasteiger partial charge in [-0.25, -0.2) is 0 Å². The summed E-state index contributed by atoms with van der Waals surface area (Å²) in [7, 11) is 0. The third-order valence-electron chi connectivity index (χ3n) is 6.07. The first kappa shape index (κ1) is 20.6. The van der Waals surface area contributed by atoms with Crippen molar-refractivity contribution >= 4 is 17.4 Å². The van der Waals surface area contributed by atoms with Gasteiger partial charge in [0.2, 0.25) is 5.91 Å². The molecule has 0 radical (unpaired) electrons. The van der Waals surface area contributed by atoms with Gasteiger partial charge in [-0.1, -0.05) is 6.07 Å². The Morgan fingerprint density at radius 2 is 2.07 bits per heavy atom. The molecule has 1 amide bonds. The van der Waals surface area contributed by atoms with Crippen LogP contribution in [-0.2, 0) is 14.3 Å². The highest BCUT2D eigenvalue weighted by atomic mass is 16.5. The van der Waals surface area contributed by atoms with Gasteiger partial charge in [0.15, 0.2) is 17.3 Å². The SMILES string of the molecule is CCOc1cc([C@H]2C3=C(CCCC3=O)N=C(C)[C@H]2C(=O)N2CCOCC2)ccc1O. The lowest BCUT2D eigenvalue weighted by molar-refractivity contribution is -0.137. The van der Waals surface area contributed by atoms with Crippen LogP contribution in [0.3, 0.4) is 0 Å². The number of allylic oxidation sites excluding steroid dienone is 2. The first-order chi connectivity index (χ1) is 14.5. The molecule has 2 atom stereocenters. The summed E-state index contributed by atoms with van der Waals surface area (Å²) in [6, 6.07) is 5.12. The van der Waals surface area contributed by atoms with Crippen LogP contribution in [0.2, 0.25) is 0 Å². The third kappa shape index (κ3) is 3.74. The molecular formula is C23H28N2O5. The standard InChI is InChI=1S/C23H28N2O5/c1-3-30-19-13-15(7-8-17(19)26)21-20(23(28)25-9-11-29-12-10-25)14(2)24-16-5-4-6-18(27)22(16)21/h7-8,13,20-21,26H,3-6,9-12H2,1-2H3/t20-,21-/m1/s1. The van der Waals surface area contributed by atoms with Gasteiger partial charge in [-0.3, -0.25) is 14.6 Å². The number of ketones is 1. The molecule has 1 saturated heterocycles. The van der Waals surface area contributed by atoms with Crippen molar-refractivity contribution in [2.24, 2.45) is 10.9 Å². The van der Waals surface area contributed by atoms with Crippen LogP contribution in [0, 0.1) is 5.92 Å². The number of aliphatic imine (C=N–C) groups is 1. The molecule has 2 heterocycles. The number of phenols is 1. The van der Waals surface area contributed by atoms with Crippen molar-refractivity contribution in [3.63, 3.8) is 0 Å². The summed E-state index contributed by atoms with van der Waals surface area (Å²) in [4.78, 5) is 33.1. The van der Waals surface area contributed by atoms with E-state index in [0.717, 1.165) is 29.8 Å². The van der Waals surface area contributed by atoms with Crippen LogP contribution < -0.4 is 4.74 Å². The molecule has 3 aliphatic rings. The van der Waals surface area contributed by atoms with Gasteiger partial charge in [0, 0.05) is 42.4 Å². The number of Topliss-reactive ketones (excluding diaryl/α,β-unsaturated/α-hetero) is 1. The highest BCUT2D eigenvalue weighted by molar-refractivity contribution is 6.10. The molecule has 1 fully saturated rings. The van der Waals surface area contributed by atoms with Crippen molar-refractivity contribution in [3.8, 4) is 11.5 Å². The van der Waals surface area contributed by atoms with Crippen molar-refractivity contribution < 1.29 is 24.2 Å². The number of hydrogen-bond donors (Lipinski definition) is 1. The number of aromatic hydroxyl groups is 1. The van der Waals surface area contributed by atoms with Crippen molar-refractivity contribution in [2.75, 3.05) is 32.9 Å². The van der Waals surface area contributed by atoms with Crippen LogP contribution >= 0.6 is 0 Å². The van der Waals surface area contributed by atoms with E-state index in [1.54, 1.807) is 18.2 Å². The summed E-state index contributed by atoms with van der Waals surface area (Å²) in [5.41, 5.74) is 2.97. The number of ether oxygens (including phenoxy) is 2. The maximum absolute atomic E-state index is 13.6. The maximum Gasteiger partial charge on any atom is 0.232 e. The molecular weight excluding hydrogens is 384 g/mol. The monoisotopic (exact) mass is 412 g/mol. The van der Waals surface area contributed by atoms with E-state index in [9.17, 15) is 14.7 Å². The first-order valence-corrected chi connectivity index (χ1v) is 10.6. The Morgan fingerprint density at radius 1 is 1.30 bits per heavy atom. The Bertz CT molecular complexity index is 914. The third-order valence-corrected chi connectivity index (χ3v) is 6.07. The number of carbonyl (C=O) groups excluding carboxylic acids is 2. The van der Waals surface area contributed by atoms with Crippen LogP contribution in [0.5, 0.6) is 11.5 Å². The highest BCUT2D eigenvalue weighted by Gasteiger charge is 2.44. The van der Waals surface area contributed by atoms with E-state index < -0.39 is 11.8 Å². The van der Waals surface area contributed by atoms with E-state index in [1.165, 1.54) is 0 Å². The lowest BCUT2D eigenvalue weighted by Crippen LogP contribution is -2.48. The minimum atomic E-state index is -0.553. The van der Waals surface area contributed by atoms with Crippen molar-refractivity contribution in [1.82, 2.24) is 4.90 Å². The minimum Gasteiger partial charge on any atom is -0.504 e. The van der Waals surface area contributed by atoms with Gasteiger partial charge in [0.1, 0.15) is 0 Å². The quantitative estimate of drug-likeness (QED) is 0.822. The minimum absolute atomic E-state index is 0.0273. The predicted molar refractivity (Wildman–Crippen MR) is 112 cm³/mol. The zero-order valence-corrected chi connectivity index (χ0v) is 17.5. The smallest absolute Gasteiger partial charge is 0.232 e. The van der Waals surface area contributed by atoms with Crippen LogP contribution in [0.4, 0.5) is 0 Å². The Morgan fingerprint density at radius 3 is 2.80 bits per heavy atom. The molecule has 1 aromatic rings. The van der Waals surface area contributed by atoms with Crippen molar-refractivity contribution in [2.45, 2.75) is 39.0 Å². The molecule has 0 spiro atoms. The maximum atomic E-state index is 13.6. The number of amides is 1. The molecule has 2 aliphatic heterocycles. The second kappa shape index (κ2) is 8.60. The Balaban J connectivity index is 1.81. The van der Waals surface area contributed by atoms with Gasteiger partial charge in [0.25, 0.3) is 0 Å². The second-order valence-corrected chi connectivity index (χ2v) is 7.94. The summed E-state index contributed by atoms with van der Waals surface area (Å²) in [6.45, 7) is 6.23. The fourth-order valence-corrected chi connectivity index (χ4v) is 4.66. The number of rotatable bonds is 4. The number of phenolic OH excluding ortho intramolecular Hbond substituents is 1. The molecule has 160 valence electrons. The second-order valence-electron chi connectivity index (χ2n) is 7.94. The number of hydrogen-bond acceptors (Lipinski definition) is 6. The number of nitrogens with zero attached hydrogens (tertiary/aromatic N) is 2. The van der Waals surface area contributed by atoms with Crippen LogP contribution in [0.15, 0.2) is 34.5 Å². The Labute approximate surface area is 176 Å². The molecule has 30 heavy (non-hydrogen) atoms. The molecule has 0 saturated carbocycles. The number of morpholine rings is 1. The normalized spacial score (nSPS) is 24.4. The summed E-state index contributed by atoms with van der Waals surface area (Å²) < 4.78 is 11.0. The zero-order valence-electron chi connectivity index (χ0n) is 17.5. The molecule has 0 bridgehead atoms. The molecule has 1 N–H and O–H groups in total. The first-order valence-electron chi connectivity index (χ1n) is 10.6. The van der Waals surface area contributed by atoms with E-state index in [2.05, 4.69) is 0 Å². The average Bonchev–Trinajstić information content (AvgIpc) is 2.75. The summed E-state index contributed by atoms with van der Waals surface area (Å²) in [6.07, 6.45) is 1.99. The van der Waals surface area contributed by atoms with E-state index in [0.29, 0.717) is 50.7 Å². The van der Waals surface area contributed by atoms with Gasteiger partial charge in [0.05, 0.1) is 25.7 Å². The van der Waals surface area contributed by atoms with Crippen LogP contribution in [-0.4, -0.2) is 60.3 Å². The van der Waals surface area contributed by atoms with Crippen LogP contribution in [0.1, 0.15) is 44.6 Å². The fraction of sp³-hybridized carbons (Fsp3) is 0.522. The summed E-state index contributed by atoms with van der Waals surface area (Å²) in [5, 5.41) is 10.2. The van der Waals surface area contributed by atoms with Crippen molar-refractivity contribution in [3.05, 3.63) is 35.0 Å². The number of benzene rings is 1. The summed E-state index contributed by atoms with van der Waals surface area (Å²) in [5.74, 6) is -0.549. The molecule has 7 heteroatoms. The van der Waals surface area contributed by atoms with Gasteiger partial charge in [-0.2, -0.15) is 0 Å². The Hall–Kier alpha value is -2.67. The lowest BCUT2D eigenvalue weighted by Gasteiger charge is -2.38. The molecule has 0 aromatic heterocycles.